The first-order valence-electron chi connectivity index (χ1n) is 9.40. The van der Waals surface area contributed by atoms with E-state index in [4.69, 9.17) is 14.6 Å². The average Bonchev–Trinajstić information content (AvgIpc) is 2.69. The molecule has 0 aliphatic heterocycles. The number of nitrogens with one attached hydrogen (secondary N) is 2. The van der Waals surface area contributed by atoms with E-state index in [1.165, 1.54) is 0 Å². The van der Waals surface area contributed by atoms with Gasteiger partial charge in [-0.25, -0.2) is 9.59 Å². The molecule has 2 aromatic carbocycles. The van der Waals surface area contributed by atoms with E-state index in [1.807, 2.05) is 0 Å². The number of amides is 2. The van der Waals surface area contributed by atoms with Crippen LogP contribution in [0, 0.1) is 0 Å². The Morgan fingerprint density at radius 3 is 1.93 bits per heavy atom. The number of carbonyl (C=O) groups excluding carboxylic acids is 2. The van der Waals surface area contributed by atoms with Gasteiger partial charge in [0.25, 0.3) is 5.91 Å². The Morgan fingerprint density at radius 1 is 0.867 bits per heavy atom. The summed E-state index contributed by atoms with van der Waals surface area (Å²) in [7, 11) is 0. The number of alkyl carbamates (subject to hydrolysis) is 1. The number of hydrogen-bond donors (Lipinski definition) is 3. The van der Waals surface area contributed by atoms with Gasteiger partial charge in [0.15, 0.2) is 6.61 Å². The van der Waals surface area contributed by atoms with E-state index in [0.717, 1.165) is 11.1 Å². The number of rotatable bonds is 8. The van der Waals surface area contributed by atoms with Crippen LogP contribution in [0.1, 0.15) is 42.3 Å². The molecule has 0 saturated carbocycles. The SMILES string of the molecule is CC(C)(C)OC(=O)NCc1ccc(C(=O)NCc2ccc(OCC(=O)O)cc2)cc1. The lowest BCUT2D eigenvalue weighted by atomic mass is 10.1. The fraction of sp³-hybridized carbons (Fsp3) is 0.318. The van der Waals surface area contributed by atoms with E-state index in [1.54, 1.807) is 69.3 Å². The Bertz CT molecular complexity index is 870. The zero-order valence-corrected chi connectivity index (χ0v) is 17.2. The molecule has 8 heteroatoms. The van der Waals surface area contributed by atoms with Crippen molar-refractivity contribution in [1.82, 2.24) is 10.6 Å². The van der Waals surface area contributed by atoms with Crippen molar-refractivity contribution in [2.24, 2.45) is 0 Å². The van der Waals surface area contributed by atoms with Gasteiger partial charge in [0.1, 0.15) is 11.4 Å². The lowest BCUT2D eigenvalue weighted by molar-refractivity contribution is -0.139. The van der Waals surface area contributed by atoms with Gasteiger partial charge in [-0.1, -0.05) is 24.3 Å². The number of ether oxygens (including phenoxy) is 2. The summed E-state index contributed by atoms with van der Waals surface area (Å²) in [5.41, 5.74) is 1.63. The van der Waals surface area contributed by atoms with Crippen LogP contribution in [0.5, 0.6) is 5.75 Å². The van der Waals surface area contributed by atoms with Crippen molar-refractivity contribution >= 4 is 18.0 Å². The van der Waals surface area contributed by atoms with Crippen molar-refractivity contribution in [3.8, 4) is 5.75 Å². The van der Waals surface area contributed by atoms with Crippen molar-refractivity contribution in [3.63, 3.8) is 0 Å². The first-order chi connectivity index (χ1) is 14.1. The van der Waals surface area contributed by atoms with Gasteiger partial charge in [0, 0.05) is 18.7 Å². The van der Waals surface area contributed by atoms with Gasteiger partial charge in [-0.15, -0.1) is 0 Å². The van der Waals surface area contributed by atoms with Crippen molar-refractivity contribution in [2.75, 3.05) is 6.61 Å². The Morgan fingerprint density at radius 2 is 1.40 bits per heavy atom. The third kappa shape index (κ3) is 8.22. The molecule has 0 heterocycles. The van der Waals surface area contributed by atoms with Gasteiger partial charge in [-0.2, -0.15) is 0 Å². The minimum absolute atomic E-state index is 0.229. The molecule has 0 fully saturated rings. The van der Waals surface area contributed by atoms with Crippen LogP contribution in [0.3, 0.4) is 0 Å². The lowest BCUT2D eigenvalue weighted by Gasteiger charge is -2.19. The smallest absolute Gasteiger partial charge is 0.407 e. The van der Waals surface area contributed by atoms with Gasteiger partial charge in [0.05, 0.1) is 0 Å². The highest BCUT2D eigenvalue weighted by Gasteiger charge is 2.15. The second-order valence-corrected chi connectivity index (χ2v) is 7.56. The summed E-state index contributed by atoms with van der Waals surface area (Å²) in [5.74, 6) is -0.825. The predicted octanol–water partition coefficient (Wildman–Crippen LogP) is 3.10. The Hall–Kier alpha value is -3.55. The summed E-state index contributed by atoms with van der Waals surface area (Å²) in [6.45, 7) is 5.59. The predicted molar refractivity (Wildman–Crippen MR) is 110 cm³/mol. The number of carbonyl (C=O) groups is 3. The standard InChI is InChI=1S/C22H26N2O6/c1-22(2,3)30-21(28)24-13-15-4-8-17(9-5-15)20(27)23-12-16-6-10-18(11-7-16)29-14-19(25)26/h4-11H,12-14H2,1-3H3,(H,23,27)(H,24,28)(H,25,26). The molecule has 2 aromatic rings. The maximum Gasteiger partial charge on any atom is 0.407 e. The average molecular weight is 414 g/mol. The molecule has 2 amide bonds. The Labute approximate surface area is 175 Å². The summed E-state index contributed by atoms with van der Waals surface area (Å²) >= 11 is 0. The van der Waals surface area contributed by atoms with Gasteiger partial charge in [-0.3, -0.25) is 4.79 Å². The van der Waals surface area contributed by atoms with Crippen molar-refractivity contribution in [2.45, 2.75) is 39.5 Å². The highest BCUT2D eigenvalue weighted by atomic mass is 16.6. The van der Waals surface area contributed by atoms with Gasteiger partial charge >= 0.3 is 12.1 Å². The van der Waals surface area contributed by atoms with Crippen LogP contribution < -0.4 is 15.4 Å². The van der Waals surface area contributed by atoms with Crippen LogP contribution >= 0.6 is 0 Å². The summed E-state index contributed by atoms with van der Waals surface area (Å²) < 4.78 is 10.2. The van der Waals surface area contributed by atoms with E-state index in [9.17, 15) is 14.4 Å². The van der Waals surface area contributed by atoms with Gasteiger partial charge in [0.2, 0.25) is 0 Å². The third-order valence-electron chi connectivity index (χ3n) is 3.79. The number of hydrogen-bond acceptors (Lipinski definition) is 5. The molecule has 0 atom stereocenters. The zero-order valence-electron chi connectivity index (χ0n) is 17.2. The molecule has 0 bridgehead atoms. The van der Waals surface area contributed by atoms with Crippen LogP contribution in [0.25, 0.3) is 0 Å². The molecule has 0 saturated heterocycles. The van der Waals surface area contributed by atoms with E-state index >= 15 is 0 Å². The summed E-state index contributed by atoms with van der Waals surface area (Å²) in [5, 5.41) is 14.1. The fourth-order valence-corrected chi connectivity index (χ4v) is 2.40. The minimum Gasteiger partial charge on any atom is -0.482 e. The lowest BCUT2D eigenvalue weighted by Crippen LogP contribution is -2.32. The molecule has 0 unspecified atom stereocenters. The molecule has 8 nitrogen and oxygen atoms in total. The maximum absolute atomic E-state index is 12.3. The van der Waals surface area contributed by atoms with E-state index in [-0.39, 0.29) is 5.91 Å². The molecular formula is C22H26N2O6. The van der Waals surface area contributed by atoms with E-state index < -0.39 is 24.3 Å². The maximum atomic E-state index is 12.3. The molecule has 160 valence electrons. The molecule has 0 aromatic heterocycles. The number of benzene rings is 2. The van der Waals surface area contributed by atoms with Gasteiger partial charge < -0.3 is 25.2 Å². The van der Waals surface area contributed by atoms with E-state index in [0.29, 0.717) is 24.4 Å². The molecular weight excluding hydrogens is 388 g/mol. The normalized spacial score (nSPS) is 10.8. The summed E-state index contributed by atoms with van der Waals surface area (Å²) in [6.07, 6.45) is -0.497. The quantitative estimate of drug-likeness (QED) is 0.612. The Balaban J connectivity index is 1.80. The molecule has 0 radical (unpaired) electrons. The van der Waals surface area contributed by atoms with Crippen LogP contribution in [-0.4, -0.2) is 35.3 Å². The number of carboxylic acid groups (broad SMARTS) is 1. The third-order valence-corrected chi connectivity index (χ3v) is 3.79. The minimum atomic E-state index is -1.04. The fourth-order valence-electron chi connectivity index (χ4n) is 2.40. The topological polar surface area (TPSA) is 114 Å². The number of carboxylic acids is 1. The molecule has 30 heavy (non-hydrogen) atoms. The van der Waals surface area contributed by atoms with Crippen molar-refractivity contribution in [1.29, 1.82) is 0 Å². The van der Waals surface area contributed by atoms with E-state index in [2.05, 4.69) is 10.6 Å². The second kappa shape index (κ2) is 10.3. The van der Waals surface area contributed by atoms with Crippen LogP contribution in [0.4, 0.5) is 4.79 Å². The second-order valence-electron chi connectivity index (χ2n) is 7.56. The molecule has 3 N–H and O–H groups in total. The number of aliphatic carboxylic acids is 1. The van der Waals surface area contributed by atoms with Crippen LogP contribution in [-0.2, 0) is 22.6 Å². The highest BCUT2D eigenvalue weighted by Crippen LogP contribution is 2.12. The molecule has 2 rings (SSSR count). The first kappa shape index (κ1) is 22.7. The Kier molecular flexibility index (Phi) is 7.80. The largest absolute Gasteiger partial charge is 0.482 e. The molecule has 0 aliphatic carbocycles. The van der Waals surface area contributed by atoms with Crippen molar-refractivity contribution in [3.05, 3.63) is 65.2 Å². The highest BCUT2D eigenvalue weighted by molar-refractivity contribution is 5.94. The summed E-state index contributed by atoms with van der Waals surface area (Å²) in [6, 6.07) is 13.7. The molecule has 0 spiro atoms. The monoisotopic (exact) mass is 414 g/mol. The van der Waals surface area contributed by atoms with Crippen LogP contribution in [0.15, 0.2) is 48.5 Å². The summed E-state index contributed by atoms with van der Waals surface area (Å²) in [4.78, 5) is 34.5. The molecule has 0 aliphatic rings. The first-order valence-corrected chi connectivity index (χ1v) is 9.40. The van der Waals surface area contributed by atoms with Gasteiger partial charge in [-0.05, 0) is 56.2 Å². The zero-order chi connectivity index (χ0) is 22.1. The van der Waals surface area contributed by atoms with Crippen LogP contribution in [0.2, 0.25) is 0 Å². The van der Waals surface area contributed by atoms with Crippen molar-refractivity contribution < 1.29 is 29.0 Å².